The van der Waals surface area contributed by atoms with Crippen LogP contribution in [0, 0.1) is 0 Å². The Morgan fingerprint density at radius 1 is 1.26 bits per heavy atom. The molecule has 3 heterocycles. The minimum Gasteiger partial charge on any atom is -0.313 e. The van der Waals surface area contributed by atoms with Crippen molar-refractivity contribution in [1.29, 1.82) is 0 Å². The van der Waals surface area contributed by atoms with Crippen LogP contribution in [0.2, 0.25) is 0 Å². The van der Waals surface area contributed by atoms with Crippen molar-refractivity contribution >= 4 is 33.8 Å². The molecule has 0 bridgehead atoms. The number of rotatable bonds is 2. The quantitative estimate of drug-likeness (QED) is 0.740. The van der Waals surface area contributed by atoms with E-state index in [2.05, 4.69) is 35.4 Å². The highest BCUT2D eigenvalue weighted by atomic mass is 16.2. The lowest BCUT2D eigenvalue weighted by atomic mass is 10.1. The van der Waals surface area contributed by atoms with Crippen LogP contribution in [0.5, 0.6) is 0 Å². The number of pyridine rings is 1. The minimum atomic E-state index is -0.393. The Morgan fingerprint density at radius 2 is 2.13 bits per heavy atom. The molecule has 1 aromatic carbocycles. The highest BCUT2D eigenvalue weighted by Gasteiger charge is 2.30. The maximum Gasteiger partial charge on any atom is 0.249 e. The largest absolute Gasteiger partial charge is 0.313 e. The van der Waals surface area contributed by atoms with E-state index in [1.165, 1.54) is 5.56 Å². The van der Waals surface area contributed by atoms with Crippen molar-refractivity contribution in [2.45, 2.75) is 32.2 Å². The summed E-state index contributed by atoms with van der Waals surface area (Å²) in [6, 6.07) is 9.86. The molecule has 1 aliphatic rings. The Kier molecular flexibility index (Phi) is 3.15. The van der Waals surface area contributed by atoms with Gasteiger partial charge in [0.1, 0.15) is 11.7 Å². The van der Waals surface area contributed by atoms with Crippen molar-refractivity contribution in [2.24, 2.45) is 0 Å². The first-order valence-electron chi connectivity index (χ1n) is 7.90. The van der Waals surface area contributed by atoms with Crippen LogP contribution >= 0.6 is 0 Å². The van der Waals surface area contributed by atoms with Crippen LogP contribution in [0.25, 0.3) is 21.9 Å². The summed E-state index contributed by atoms with van der Waals surface area (Å²) in [5.74, 6) is -0.446. The fourth-order valence-corrected chi connectivity index (χ4v) is 3.39. The summed E-state index contributed by atoms with van der Waals surface area (Å²) >= 11 is 0. The van der Waals surface area contributed by atoms with Crippen LogP contribution in [-0.4, -0.2) is 21.4 Å². The van der Waals surface area contributed by atoms with Crippen LogP contribution in [0.3, 0.4) is 0 Å². The predicted octanol–water partition coefficient (Wildman–Crippen LogP) is 2.73. The van der Waals surface area contributed by atoms with Crippen LogP contribution in [0.15, 0.2) is 36.5 Å². The molecule has 0 saturated carbocycles. The maximum atomic E-state index is 12.3. The van der Waals surface area contributed by atoms with Gasteiger partial charge in [-0.2, -0.15) is 0 Å². The molecule has 0 aliphatic carbocycles. The van der Waals surface area contributed by atoms with E-state index in [4.69, 9.17) is 0 Å². The van der Waals surface area contributed by atoms with Crippen molar-refractivity contribution in [3.63, 3.8) is 0 Å². The van der Waals surface area contributed by atoms with E-state index in [1.54, 1.807) is 6.20 Å². The molecule has 1 unspecified atom stereocenters. The van der Waals surface area contributed by atoms with Gasteiger partial charge in [-0.05, 0) is 42.7 Å². The third-order valence-corrected chi connectivity index (χ3v) is 4.56. The van der Waals surface area contributed by atoms with Crippen molar-refractivity contribution in [3.05, 3.63) is 42.1 Å². The van der Waals surface area contributed by atoms with Gasteiger partial charge in [0.05, 0.1) is 5.52 Å². The lowest BCUT2D eigenvalue weighted by molar-refractivity contribution is -0.135. The van der Waals surface area contributed by atoms with Gasteiger partial charge in [0, 0.05) is 23.4 Å². The monoisotopic (exact) mass is 307 g/mol. The number of carbonyl (C=O) groups is 2. The number of nitrogens with zero attached hydrogens (tertiary/aromatic N) is 2. The van der Waals surface area contributed by atoms with Crippen LogP contribution in [0.1, 0.15) is 31.4 Å². The third-order valence-electron chi connectivity index (χ3n) is 4.56. The second kappa shape index (κ2) is 5.19. The number of aromatic nitrogens is 2. The topological polar surface area (TPSA) is 64.0 Å². The van der Waals surface area contributed by atoms with E-state index < -0.39 is 6.04 Å². The van der Waals surface area contributed by atoms with E-state index in [1.807, 2.05) is 16.7 Å². The fourth-order valence-electron chi connectivity index (χ4n) is 3.39. The summed E-state index contributed by atoms with van der Waals surface area (Å²) in [4.78, 5) is 28.3. The number of hydrogen-bond acceptors (Lipinski definition) is 3. The number of piperidine rings is 1. The molecular formula is C18H17N3O2. The number of carbonyl (C=O) groups excluding carboxylic acids is 2. The standard InChI is InChI=1S/C18H17N3O2/c1-2-11-5-6-14-13(10-11)12-4-3-9-19-17(12)21(14)15-7-8-16(22)20-18(15)23/h3-6,9-10,15H,2,7-8H2,1H3,(H,20,22,23). The van der Waals surface area contributed by atoms with Gasteiger partial charge in [0.15, 0.2) is 0 Å². The smallest absolute Gasteiger partial charge is 0.249 e. The first-order chi connectivity index (χ1) is 11.2. The summed E-state index contributed by atoms with van der Waals surface area (Å²) in [5.41, 5.74) is 3.04. The Bertz CT molecular complexity index is 942. The summed E-state index contributed by atoms with van der Waals surface area (Å²) in [6.45, 7) is 2.12. The van der Waals surface area contributed by atoms with E-state index >= 15 is 0 Å². The van der Waals surface area contributed by atoms with Gasteiger partial charge in [0.25, 0.3) is 0 Å². The van der Waals surface area contributed by atoms with Gasteiger partial charge in [0.2, 0.25) is 11.8 Å². The molecule has 1 fully saturated rings. The molecule has 2 amide bonds. The number of hydrogen-bond donors (Lipinski definition) is 1. The molecule has 2 aromatic heterocycles. The van der Waals surface area contributed by atoms with Crippen LogP contribution in [0.4, 0.5) is 0 Å². The zero-order valence-electron chi connectivity index (χ0n) is 12.9. The normalized spacial score (nSPS) is 18.6. The molecule has 1 aliphatic heterocycles. The summed E-state index contributed by atoms with van der Waals surface area (Å²) in [5, 5.41) is 4.60. The Balaban J connectivity index is 2.00. The average molecular weight is 307 g/mol. The molecule has 1 saturated heterocycles. The Labute approximate surface area is 133 Å². The summed E-state index contributed by atoms with van der Waals surface area (Å²) < 4.78 is 1.98. The Hall–Kier alpha value is -2.69. The highest BCUT2D eigenvalue weighted by molar-refractivity contribution is 6.09. The van der Waals surface area contributed by atoms with E-state index in [9.17, 15) is 9.59 Å². The number of imide groups is 1. The van der Waals surface area contributed by atoms with Gasteiger partial charge in [-0.1, -0.05) is 13.0 Å². The summed E-state index contributed by atoms with van der Waals surface area (Å²) in [6.07, 6.45) is 3.57. The second-order valence-electron chi connectivity index (χ2n) is 5.92. The molecule has 5 heteroatoms. The molecule has 4 rings (SSSR count). The van der Waals surface area contributed by atoms with Gasteiger partial charge in [-0.15, -0.1) is 0 Å². The molecule has 0 radical (unpaired) electrons. The third kappa shape index (κ3) is 2.11. The van der Waals surface area contributed by atoms with Gasteiger partial charge in [-0.25, -0.2) is 4.98 Å². The van der Waals surface area contributed by atoms with Crippen molar-refractivity contribution in [2.75, 3.05) is 0 Å². The number of nitrogens with one attached hydrogen (secondary N) is 1. The average Bonchev–Trinajstić information content (AvgIpc) is 2.89. The summed E-state index contributed by atoms with van der Waals surface area (Å²) in [7, 11) is 0. The van der Waals surface area contributed by atoms with Crippen molar-refractivity contribution in [3.8, 4) is 0 Å². The first-order valence-corrected chi connectivity index (χ1v) is 7.90. The zero-order chi connectivity index (χ0) is 16.0. The molecule has 1 atom stereocenters. The van der Waals surface area contributed by atoms with Gasteiger partial charge < -0.3 is 4.57 Å². The number of benzene rings is 1. The molecular weight excluding hydrogens is 290 g/mol. The first kappa shape index (κ1) is 13.9. The fraction of sp³-hybridized carbons (Fsp3) is 0.278. The lowest BCUT2D eigenvalue weighted by Gasteiger charge is -2.23. The molecule has 1 N–H and O–H groups in total. The lowest BCUT2D eigenvalue weighted by Crippen LogP contribution is -2.41. The second-order valence-corrected chi connectivity index (χ2v) is 5.92. The van der Waals surface area contributed by atoms with E-state index in [0.29, 0.717) is 12.8 Å². The van der Waals surface area contributed by atoms with Crippen LogP contribution < -0.4 is 5.32 Å². The molecule has 5 nitrogen and oxygen atoms in total. The molecule has 116 valence electrons. The number of aryl methyl sites for hydroxylation is 1. The number of fused-ring (bicyclic) bond motifs is 3. The van der Waals surface area contributed by atoms with Crippen molar-refractivity contribution in [1.82, 2.24) is 14.9 Å². The van der Waals surface area contributed by atoms with Crippen molar-refractivity contribution < 1.29 is 9.59 Å². The molecule has 0 spiro atoms. The number of amides is 2. The minimum absolute atomic E-state index is 0.201. The van der Waals surface area contributed by atoms with Gasteiger partial charge >= 0.3 is 0 Å². The predicted molar refractivity (Wildman–Crippen MR) is 88.0 cm³/mol. The van der Waals surface area contributed by atoms with Crippen LogP contribution in [-0.2, 0) is 16.0 Å². The van der Waals surface area contributed by atoms with E-state index in [-0.39, 0.29) is 11.8 Å². The van der Waals surface area contributed by atoms with Gasteiger partial charge in [-0.3, -0.25) is 14.9 Å². The Morgan fingerprint density at radius 3 is 2.91 bits per heavy atom. The zero-order valence-corrected chi connectivity index (χ0v) is 12.9. The molecule has 23 heavy (non-hydrogen) atoms. The SMILES string of the molecule is CCc1ccc2c(c1)c1cccnc1n2C1CCC(=O)NC1=O. The van der Waals surface area contributed by atoms with E-state index in [0.717, 1.165) is 28.4 Å². The molecule has 3 aromatic rings. The highest BCUT2D eigenvalue weighted by Crippen LogP contribution is 2.33. The maximum absolute atomic E-state index is 12.3.